The molecule has 0 radical (unpaired) electrons. The van der Waals surface area contributed by atoms with Crippen LogP contribution in [0.5, 0.6) is 0 Å². The van der Waals surface area contributed by atoms with Crippen molar-refractivity contribution in [1.29, 1.82) is 0 Å². The molecule has 124 valence electrons. The molecule has 0 saturated heterocycles. The van der Waals surface area contributed by atoms with Crippen LogP contribution in [0.3, 0.4) is 0 Å². The molecule has 1 aromatic heterocycles. The number of halogens is 7. The summed E-state index contributed by atoms with van der Waals surface area (Å²) in [5.41, 5.74) is -2.32. The van der Waals surface area contributed by atoms with Crippen molar-refractivity contribution in [2.75, 3.05) is 6.61 Å². The third kappa shape index (κ3) is 3.40. The van der Waals surface area contributed by atoms with Crippen LogP contribution in [0.2, 0.25) is 0 Å². The predicted octanol–water partition coefficient (Wildman–Crippen LogP) is 4.06. The fraction of sp³-hybridized carbons (Fsp3) is 0.417. The van der Waals surface area contributed by atoms with E-state index in [-0.39, 0.29) is 12.7 Å². The van der Waals surface area contributed by atoms with Crippen LogP contribution in [-0.4, -0.2) is 34.8 Å². The Hall–Kier alpha value is -1.64. The first-order valence-electron chi connectivity index (χ1n) is 5.80. The molecule has 0 bridgehead atoms. The van der Waals surface area contributed by atoms with Crippen molar-refractivity contribution < 1.29 is 35.9 Å². The van der Waals surface area contributed by atoms with Crippen LogP contribution in [0.15, 0.2) is 24.4 Å². The molecule has 0 spiro atoms. The molecule has 0 saturated carbocycles. The van der Waals surface area contributed by atoms with Crippen LogP contribution < -0.4 is 0 Å². The van der Waals surface area contributed by atoms with Gasteiger partial charge in [0.25, 0.3) is 0 Å². The smallest absolute Gasteiger partial charge is 0.390 e. The first-order chi connectivity index (χ1) is 9.95. The van der Waals surface area contributed by atoms with E-state index in [1.165, 1.54) is 6.92 Å². The zero-order valence-electron chi connectivity index (χ0n) is 11.0. The molecule has 0 aromatic carbocycles. The summed E-state index contributed by atoms with van der Waals surface area (Å²) in [6, 6.07) is 2.06. The number of rotatable bonds is 6. The highest BCUT2D eigenvalue weighted by atomic mass is 35.5. The molecule has 0 amide bonds. The van der Waals surface area contributed by atoms with Crippen LogP contribution in [0.25, 0.3) is 5.57 Å². The van der Waals surface area contributed by atoms with Crippen molar-refractivity contribution in [2.45, 2.75) is 24.2 Å². The van der Waals surface area contributed by atoms with Crippen molar-refractivity contribution in [3.8, 4) is 0 Å². The van der Waals surface area contributed by atoms with Gasteiger partial charge in [-0.2, -0.15) is 26.3 Å². The van der Waals surface area contributed by atoms with Gasteiger partial charge < -0.3 is 9.72 Å². The van der Waals surface area contributed by atoms with E-state index in [0.717, 1.165) is 18.3 Å². The molecule has 0 aliphatic carbocycles. The second-order valence-electron chi connectivity index (χ2n) is 4.04. The predicted molar refractivity (Wildman–Crippen MR) is 66.1 cm³/mol. The van der Waals surface area contributed by atoms with Gasteiger partial charge in [-0.05, 0) is 30.7 Å². The van der Waals surface area contributed by atoms with E-state index in [2.05, 4.69) is 21.3 Å². The number of carbonyl (C=O) groups is 1. The lowest BCUT2D eigenvalue weighted by Crippen LogP contribution is -2.52. The van der Waals surface area contributed by atoms with Gasteiger partial charge in [-0.15, -0.1) is 0 Å². The van der Waals surface area contributed by atoms with E-state index in [1.54, 1.807) is 0 Å². The number of aromatic nitrogens is 1. The maximum Gasteiger partial charge on any atom is 0.390 e. The molecule has 1 N–H and O–H groups in total. The summed E-state index contributed by atoms with van der Waals surface area (Å²) >= 11 is 4.10. The Kier molecular flexibility index (Phi) is 5.21. The maximum atomic E-state index is 13.9. The molecule has 1 aromatic rings. The summed E-state index contributed by atoms with van der Waals surface area (Å²) < 4.78 is 84.2. The topological polar surface area (TPSA) is 42.1 Å². The summed E-state index contributed by atoms with van der Waals surface area (Å²) in [6.07, 6.45) is 1.10. The zero-order valence-corrected chi connectivity index (χ0v) is 11.7. The van der Waals surface area contributed by atoms with Crippen molar-refractivity contribution in [3.63, 3.8) is 0 Å². The molecule has 0 fully saturated rings. The van der Waals surface area contributed by atoms with E-state index in [4.69, 9.17) is 0 Å². The Balaban J connectivity index is 3.42. The van der Waals surface area contributed by atoms with Gasteiger partial charge in [0.05, 0.1) is 12.2 Å². The summed E-state index contributed by atoms with van der Waals surface area (Å²) in [4.78, 5) is 13.4. The van der Waals surface area contributed by atoms with Crippen LogP contribution >= 0.6 is 11.6 Å². The zero-order chi connectivity index (χ0) is 17.2. The maximum absolute atomic E-state index is 13.9. The third-order valence-electron chi connectivity index (χ3n) is 2.53. The fourth-order valence-electron chi connectivity index (χ4n) is 1.48. The van der Waals surface area contributed by atoms with Crippen LogP contribution in [0.1, 0.15) is 12.6 Å². The number of ether oxygens (including phenoxy) is 1. The van der Waals surface area contributed by atoms with Crippen LogP contribution in [0.4, 0.5) is 26.3 Å². The van der Waals surface area contributed by atoms with Gasteiger partial charge in [-0.25, -0.2) is 4.79 Å². The fourth-order valence-corrected chi connectivity index (χ4v) is 1.60. The quantitative estimate of drug-likeness (QED) is 0.364. The molecular weight excluding hydrogens is 340 g/mol. The lowest BCUT2D eigenvalue weighted by molar-refractivity contribution is -0.255. The number of allylic oxidation sites excluding steroid dienone is 1. The Morgan fingerprint density at radius 3 is 2.32 bits per heavy atom. The Labute approximate surface area is 125 Å². The van der Waals surface area contributed by atoms with Gasteiger partial charge in [0.1, 0.15) is 0 Å². The van der Waals surface area contributed by atoms with E-state index >= 15 is 0 Å². The third-order valence-corrected chi connectivity index (χ3v) is 2.76. The van der Waals surface area contributed by atoms with Crippen molar-refractivity contribution in [2.24, 2.45) is 0 Å². The minimum atomic E-state index is -5.94. The van der Waals surface area contributed by atoms with Gasteiger partial charge >= 0.3 is 23.2 Å². The van der Waals surface area contributed by atoms with E-state index in [0.29, 0.717) is 0 Å². The van der Waals surface area contributed by atoms with E-state index in [9.17, 15) is 31.1 Å². The molecule has 22 heavy (non-hydrogen) atoms. The monoisotopic (exact) mass is 349 g/mol. The Morgan fingerprint density at radius 2 is 1.91 bits per heavy atom. The molecule has 1 rings (SSSR count). The van der Waals surface area contributed by atoms with E-state index in [1.807, 2.05) is 0 Å². The van der Waals surface area contributed by atoms with Gasteiger partial charge in [0.15, 0.2) is 0 Å². The molecule has 0 unspecified atom stereocenters. The molecule has 1 heterocycles. The summed E-state index contributed by atoms with van der Waals surface area (Å²) in [5.74, 6) is -12.8. The minimum absolute atomic E-state index is 0.0197. The SMILES string of the molecule is CCOC(=O)C=C(c1ccc[nH]1)C(F)(F)C(F)(F)C(F)(F)Cl. The normalized spacial score (nSPS) is 14.1. The average molecular weight is 350 g/mol. The molecule has 0 aliphatic heterocycles. The summed E-state index contributed by atoms with van der Waals surface area (Å²) in [7, 11) is 0. The van der Waals surface area contributed by atoms with Crippen molar-refractivity contribution in [1.82, 2.24) is 4.98 Å². The standard InChI is InChI=1S/C12H10ClF6NO2/c1-2-22-9(21)6-7(8-4-3-5-20-8)10(14,15)11(16,17)12(13,18)19/h3-6,20H,2H2,1H3. The number of alkyl halides is 7. The minimum Gasteiger partial charge on any atom is -0.463 e. The molecule has 0 aliphatic rings. The summed E-state index contributed by atoms with van der Waals surface area (Å²) in [6.45, 7) is 1.13. The number of aromatic amines is 1. The number of esters is 1. The van der Waals surface area contributed by atoms with Gasteiger partial charge in [-0.1, -0.05) is 0 Å². The van der Waals surface area contributed by atoms with Crippen LogP contribution in [-0.2, 0) is 9.53 Å². The molecule has 0 atom stereocenters. The number of hydrogen-bond donors (Lipinski definition) is 1. The van der Waals surface area contributed by atoms with Crippen molar-refractivity contribution in [3.05, 3.63) is 30.1 Å². The Bertz CT molecular complexity index is 550. The van der Waals surface area contributed by atoms with Gasteiger partial charge in [0.2, 0.25) is 0 Å². The highest BCUT2D eigenvalue weighted by molar-refractivity contribution is 6.22. The highest BCUT2D eigenvalue weighted by Gasteiger charge is 2.72. The van der Waals surface area contributed by atoms with E-state index < -0.39 is 34.5 Å². The van der Waals surface area contributed by atoms with Gasteiger partial charge in [0, 0.05) is 18.0 Å². The summed E-state index contributed by atoms with van der Waals surface area (Å²) in [5, 5.41) is -5.53. The molecule has 10 heteroatoms. The number of H-pyrrole nitrogens is 1. The Morgan fingerprint density at radius 1 is 1.32 bits per heavy atom. The van der Waals surface area contributed by atoms with Crippen LogP contribution in [0, 0.1) is 0 Å². The lowest BCUT2D eigenvalue weighted by atomic mass is 9.99. The second kappa shape index (κ2) is 6.23. The first-order valence-corrected chi connectivity index (χ1v) is 6.18. The largest absolute Gasteiger partial charge is 0.463 e. The van der Waals surface area contributed by atoms with Crippen molar-refractivity contribution >= 4 is 23.1 Å². The molecular formula is C12H10ClF6NO2. The lowest BCUT2D eigenvalue weighted by Gasteiger charge is -2.30. The number of nitrogens with one attached hydrogen (secondary N) is 1. The number of hydrogen-bond acceptors (Lipinski definition) is 2. The van der Waals surface area contributed by atoms with Gasteiger partial charge in [-0.3, -0.25) is 0 Å². The molecule has 3 nitrogen and oxygen atoms in total. The average Bonchev–Trinajstić information content (AvgIpc) is 2.88. The highest BCUT2D eigenvalue weighted by Crippen LogP contribution is 2.52. The number of carbonyl (C=O) groups excluding carboxylic acids is 1. The first kappa shape index (κ1) is 18.4. The second-order valence-corrected chi connectivity index (χ2v) is 4.52.